The lowest BCUT2D eigenvalue weighted by Gasteiger charge is -2.16. The third-order valence-corrected chi connectivity index (χ3v) is 2.61. The number of aliphatic carboxylic acids is 2. The summed E-state index contributed by atoms with van der Waals surface area (Å²) >= 11 is 3.87. The van der Waals surface area contributed by atoms with Crippen LogP contribution in [-0.4, -0.2) is 64.1 Å². The SMILES string of the molecule is CC(C)=O.NC(CCC(=O)NC(CS)C(=O)NCC(=O)O)C(=O)O. The lowest BCUT2D eigenvalue weighted by Crippen LogP contribution is -2.49. The molecule has 0 saturated heterocycles. The van der Waals surface area contributed by atoms with Crippen molar-refractivity contribution in [1.29, 1.82) is 0 Å². The molecular weight excluding hydrogens is 342 g/mol. The summed E-state index contributed by atoms with van der Waals surface area (Å²) in [7, 11) is 0. The van der Waals surface area contributed by atoms with E-state index in [1.807, 2.05) is 0 Å². The Bertz CT molecular complexity index is 466. The van der Waals surface area contributed by atoms with Crippen LogP contribution in [0.5, 0.6) is 0 Å². The largest absolute Gasteiger partial charge is 0.480 e. The first-order chi connectivity index (χ1) is 11.0. The molecule has 0 bridgehead atoms. The third kappa shape index (κ3) is 14.8. The summed E-state index contributed by atoms with van der Waals surface area (Å²) in [5, 5.41) is 21.4. The highest BCUT2D eigenvalue weighted by atomic mass is 32.1. The zero-order valence-corrected chi connectivity index (χ0v) is 14.3. The third-order valence-electron chi connectivity index (χ3n) is 2.25. The molecule has 6 N–H and O–H groups in total. The molecule has 2 amide bonds. The molecule has 0 aliphatic heterocycles. The van der Waals surface area contributed by atoms with Crippen molar-refractivity contribution in [3.05, 3.63) is 0 Å². The van der Waals surface area contributed by atoms with Crippen molar-refractivity contribution in [3.8, 4) is 0 Å². The Morgan fingerprint density at radius 3 is 2.00 bits per heavy atom. The first kappa shape index (κ1) is 24.1. The average molecular weight is 365 g/mol. The number of nitrogens with two attached hydrogens (primary N) is 1. The zero-order chi connectivity index (χ0) is 19.3. The maximum absolute atomic E-state index is 11.5. The van der Waals surface area contributed by atoms with E-state index in [1.165, 1.54) is 13.8 Å². The minimum absolute atomic E-state index is 0.0256. The standard InChI is InChI=1S/C10H17N3O6S.C3H6O/c11-5(10(18)19)1-2-7(14)13-6(4-20)9(17)12-3-8(15)16;1-3(2)4/h5-6,20H,1-4,11H2,(H,12,17)(H,13,14)(H,15,16)(H,18,19);1-2H3. The number of thiol groups is 1. The highest BCUT2D eigenvalue weighted by Crippen LogP contribution is 1.97. The van der Waals surface area contributed by atoms with Crippen LogP contribution >= 0.6 is 12.6 Å². The van der Waals surface area contributed by atoms with Crippen LogP contribution in [0.1, 0.15) is 26.7 Å². The number of hydrogen-bond acceptors (Lipinski definition) is 7. The molecule has 0 aromatic carbocycles. The highest BCUT2D eigenvalue weighted by Gasteiger charge is 2.20. The van der Waals surface area contributed by atoms with Gasteiger partial charge >= 0.3 is 11.9 Å². The van der Waals surface area contributed by atoms with Crippen molar-refractivity contribution in [2.24, 2.45) is 5.73 Å². The minimum atomic E-state index is -1.22. The summed E-state index contributed by atoms with van der Waals surface area (Å²) in [4.78, 5) is 53.2. The molecule has 2 atom stereocenters. The molecule has 0 aromatic rings. The molecule has 24 heavy (non-hydrogen) atoms. The Morgan fingerprint density at radius 1 is 1.12 bits per heavy atom. The summed E-state index contributed by atoms with van der Waals surface area (Å²) in [6.45, 7) is 2.49. The number of carbonyl (C=O) groups is 5. The first-order valence-corrected chi connectivity index (χ1v) is 7.49. The van der Waals surface area contributed by atoms with Gasteiger partial charge in [0, 0.05) is 12.2 Å². The molecule has 0 rings (SSSR count). The maximum atomic E-state index is 11.5. The van der Waals surface area contributed by atoms with Gasteiger partial charge in [-0.25, -0.2) is 0 Å². The van der Waals surface area contributed by atoms with Crippen LogP contribution in [0.3, 0.4) is 0 Å². The molecule has 0 fully saturated rings. The van der Waals surface area contributed by atoms with Gasteiger partial charge in [-0.15, -0.1) is 0 Å². The van der Waals surface area contributed by atoms with Gasteiger partial charge in [-0.1, -0.05) is 0 Å². The predicted molar refractivity (Wildman–Crippen MR) is 87.6 cm³/mol. The fourth-order valence-electron chi connectivity index (χ4n) is 1.16. The van der Waals surface area contributed by atoms with Crippen molar-refractivity contribution in [2.75, 3.05) is 12.3 Å². The van der Waals surface area contributed by atoms with Crippen LogP contribution in [0.15, 0.2) is 0 Å². The second-order valence-electron chi connectivity index (χ2n) is 4.81. The Balaban J connectivity index is 0. The molecule has 0 aromatic heterocycles. The number of carboxylic acid groups (broad SMARTS) is 2. The molecule has 0 heterocycles. The van der Waals surface area contributed by atoms with Gasteiger partial charge in [0.25, 0.3) is 0 Å². The molecule has 138 valence electrons. The summed E-state index contributed by atoms with van der Waals surface area (Å²) in [5.41, 5.74) is 5.23. The second-order valence-corrected chi connectivity index (χ2v) is 5.17. The number of ketones is 1. The Morgan fingerprint density at radius 2 is 1.62 bits per heavy atom. The fourth-order valence-corrected chi connectivity index (χ4v) is 1.41. The lowest BCUT2D eigenvalue weighted by molar-refractivity contribution is -0.139. The van der Waals surface area contributed by atoms with Crippen LogP contribution in [-0.2, 0) is 24.0 Å². The molecule has 10 nitrogen and oxygen atoms in total. The van der Waals surface area contributed by atoms with E-state index in [4.69, 9.17) is 15.9 Å². The fraction of sp³-hybridized carbons (Fsp3) is 0.615. The van der Waals surface area contributed by atoms with Gasteiger partial charge in [-0.2, -0.15) is 12.6 Å². The van der Waals surface area contributed by atoms with E-state index >= 15 is 0 Å². The normalized spacial score (nSPS) is 12.0. The molecule has 2 unspecified atom stereocenters. The molecule has 11 heteroatoms. The van der Waals surface area contributed by atoms with E-state index in [2.05, 4.69) is 23.3 Å². The maximum Gasteiger partial charge on any atom is 0.322 e. The highest BCUT2D eigenvalue weighted by molar-refractivity contribution is 7.80. The Kier molecular flexibility index (Phi) is 13.4. The van der Waals surface area contributed by atoms with Gasteiger partial charge in [-0.05, 0) is 20.3 Å². The summed E-state index contributed by atoms with van der Waals surface area (Å²) in [6.07, 6.45) is -0.235. The topological polar surface area (TPSA) is 176 Å². The van der Waals surface area contributed by atoms with Gasteiger partial charge in [-0.3, -0.25) is 19.2 Å². The number of Topliss-reactive ketones (excluding diaryl/α,β-unsaturated/α-hetero) is 1. The van der Waals surface area contributed by atoms with Gasteiger partial charge in [0.05, 0.1) is 0 Å². The molecule has 0 spiro atoms. The van der Waals surface area contributed by atoms with Gasteiger partial charge in [0.15, 0.2) is 0 Å². The summed E-state index contributed by atoms with van der Waals surface area (Å²) in [6, 6.07) is -2.15. The number of hydrogen-bond donors (Lipinski definition) is 6. The van der Waals surface area contributed by atoms with Gasteiger partial charge < -0.3 is 31.4 Å². The molecule has 0 saturated carbocycles. The van der Waals surface area contributed by atoms with Crippen molar-refractivity contribution in [1.82, 2.24) is 10.6 Å². The zero-order valence-electron chi connectivity index (χ0n) is 13.4. The van der Waals surface area contributed by atoms with Gasteiger partial charge in [0.1, 0.15) is 24.4 Å². The molecule has 0 aliphatic rings. The van der Waals surface area contributed by atoms with Crippen LogP contribution < -0.4 is 16.4 Å². The minimum Gasteiger partial charge on any atom is -0.480 e. The van der Waals surface area contributed by atoms with Crippen LogP contribution in [0.25, 0.3) is 0 Å². The van der Waals surface area contributed by atoms with E-state index < -0.39 is 42.4 Å². The monoisotopic (exact) mass is 365 g/mol. The molecule has 0 radical (unpaired) electrons. The number of carbonyl (C=O) groups excluding carboxylic acids is 3. The van der Waals surface area contributed by atoms with E-state index in [1.54, 1.807) is 0 Å². The number of amides is 2. The predicted octanol–water partition coefficient (Wildman–Crippen LogP) is -1.61. The summed E-state index contributed by atoms with van der Waals surface area (Å²) < 4.78 is 0. The van der Waals surface area contributed by atoms with Gasteiger partial charge in [0.2, 0.25) is 11.8 Å². The van der Waals surface area contributed by atoms with Crippen molar-refractivity contribution in [2.45, 2.75) is 38.8 Å². The number of nitrogens with one attached hydrogen (secondary N) is 2. The van der Waals surface area contributed by atoms with E-state index in [0.29, 0.717) is 0 Å². The van der Waals surface area contributed by atoms with Crippen molar-refractivity contribution >= 4 is 42.2 Å². The van der Waals surface area contributed by atoms with Crippen LogP contribution in [0.4, 0.5) is 0 Å². The quantitative estimate of drug-likeness (QED) is 0.264. The number of carboxylic acids is 2. The van der Waals surface area contributed by atoms with E-state index in [-0.39, 0.29) is 24.4 Å². The smallest absolute Gasteiger partial charge is 0.322 e. The average Bonchev–Trinajstić information content (AvgIpc) is 2.46. The van der Waals surface area contributed by atoms with E-state index in [9.17, 15) is 24.0 Å². The number of rotatable bonds is 9. The second kappa shape index (κ2) is 13.3. The van der Waals surface area contributed by atoms with Crippen LogP contribution in [0, 0.1) is 0 Å². The van der Waals surface area contributed by atoms with Crippen LogP contribution in [0.2, 0.25) is 0 Å². The van der Waals surface area contributed by atoms with Crippen molar-refractivity contribution in [3.63, 3.8) is 0 Å². The Hall–Kier alpha value is -2.14. The van der Waals surface area contributed by atoms with Crippen molar-refractivity contribution < 1.29 is 34.2 Å². The Labute approximate surface area is 144 Å². The first-order valence-electron chi connectivity index (χ1n) is 6.86. The molecule has 0 aliphatic carbocycles. The lowest BCUT2D eigenvalue weighted by atomic mass is 10.1. The summed E-state index contributed by atoms with van der Waals surface area (Å²) in [5.74, 6) is -3.54. The molecular formula is C13H23N3O7S. The van der Waals surface area contributed by atoms with E-state index in [0.717, 1.165) is 0 Å².